The molecule has 2 N–H and O–H groups in total. The summed E-state index contributed by atoms with van der Waals surface area (Å²) < 4.78 is 27.5. The van der Waals surface area contributed by atoms with E-state index in [4.69, 9.17) is 5.73 Å². The fraction of sp³-hybridized carbons (Fsp3) is 0.571. The van der Waals surface area contributed by atoms with Crippen molar-refractivity contribution in [2.45, 2.75) is 43.5 Å². The van der Waals surface area contributed by atoms with Crippen LogP contribution in [0.4, 0.5) is 5.69 Å². The largest absolute Gasteiger partial charge is 0.398 e. The van der Waals surface area contributed by atoms with Crippen LogP contribution in [0, 0.1) is 5.92 Å². The van der Waals surface area contributed by atoms with Crippen LogP contribution in [0.15, 0.2) is 27.6 Å². The number of benzene rings is 1. The number of rotatable bonds is 3. The molecule has 1 aromatic rings. The third-order valence-corrected chi connectivity index (χ3v) is 6.66. The lowest BCUT2D eigenvalue weighted by atomic mass is 9.87. The van der Waals surface area contributed by atoms with E-state index < -0.39 is 10.0 Å². The van der Waals surface area contributed by atoms with E-state index in [0.717, 1.165) is 19.3 Å². The van der Waals surface area contributed by atoms with Crippen LogP contribution >= 0.6 is 15.9 Å². The highest BCUT2D eigenvalue weighted by atomic mass is 79.9. The minimum absolute atomic E-state index is 0.0973. The van der Waals surface area contributed by atoms with Gasteiger partial charge >= 0.3 is 0 Å². The van der Waals surface area contributed by atoms with Crippen LogP contribution < -0.4 is 5.73 Å². The molecule has 1 aliphatic carbocycles. The number of anilines is 1. The zero-order valence-corrected chi connectivity index (χ0v) is 14.2. The quantitative estimate of drug-likeness (QED) is 0.841. The van der Waals surface area contributed by atoms with Crippen molar-refractivity contribution in [1.29, 1.82) is 0 Å². The number of nitrogens with zero attached hydrogens (tertiary/aromatic N) is 1. The second kappa shape index (κ2) is 6.03. The van der Waals surface area contributed by atoms with Gasteiger partial charge in [-0.2, -0.15) is 4.31 Å². The lowest BCUT2D eigenvalue weighted by Gasteiger charge is -2.33. The highest BCUT2D eigenvalue weighted by Gasteiger charge is 2.31. The van der Waals surface area contributed by atoms with Gasteiger partial charge in [-0.3, -0.25) is 0 Å². The molecule has 6 heteroatoms. The molecule has 1 aromatic carbocycles. The van der Waals surface area contributed by atoms with Gasteiger partial charge in [0.25, 0.3) is 0 Å². The van der Waals surface area contributed by atoms with Crippen LogP contribution in [0.5, 0.6) is 0 Å². The predicted molar refractivity (Wildman–Crippen MR) is 84.9 cm³/mol. The molecule has 2 rings (SSSR count). The molecule has 0 bridgehead atoms. The van der Waals surface area contributed by atoms with Gasteiger partial charge in [0.1, 0.15) is 0 Å². The van der Waals surface area contributed by atoms with E-state index in [1.165, 1.54) is 10.7 Å². The fourth-order valence-corrected chi connectivity index (χ4v) is 4.72. The number of hydrogen-bond acceptors (Lipinski definition) is 3. The third-order valence-electron chi connectivity index (χ3n) is 4.07. The van der Waals surface area contributed by atoms with Gasteiger partial charge < -0.3 is 5.73 Å². The molecule has 1 saturated carbocycles. The van der Waals surface area contributed by atoms with Gasteiger partial charge in [0.15, 0.2) is 0 Å². The fourth-order valence-electron chi connectivity index (χ4n) is 2.76. The van der Waals surface area contributed by atoms with Crippen molar-refractivity contribution < 1.29 is 8.42 Å². The highest BCUT2D eigenvalue weighted by Crippen LogP contribution is 2.31. The molecule has 2 unspecified atom stereocenters. The molecule has 20 heavy (non-hydrogen) atoms. The van der Waals surface area contributed by atoms with Gasteiger partial charge in [0, 0.05) is 23.2 Å². The molecule has 0 amide bonds. The van der Waals surface area contributed by atoms with Crippen LogP contribution in [0.25, 0.3) is 0 Å². The van der Waals surface area contributed by atoms with Crippen molar-refractivity contribution >= 4 is 31.6 Å². The Kier molecular flexibility index (Phi) is 4.76. The van der Waals surface area contributed by atoms with Gasteiger partial charge in [0.2, 0.25) is 10.0 Å². The van der Waals surface area contributed by atoms with Crippen molar-refractivity contribution in [1.82, 2.24) is 4.31 Å². The number of nitrogens with two attached hydrogens (primary N) is 1. The zero-order valence-electron chi connectivity index (χ0n) is 11.8. The summed E-state index contributed by atoms with van der Waals surface area (Å²) >= 11 is 3.29. The number of nitrogen functional groups attached to an aromatic ring is 1. The van der Waals surface area contributed by atoms with E-state index in [-0.39, 0.29) is 6.04 Å². The minimum atomic E-state index is -3.45. The minimum Gasteiger partial charge on any atom is -0.398 e. The van der Waals surface area contributed by atoms with Gasteiger partial charge in [-0.1, -0.05) is 19.8 Å². The molecule has 0 aliphatic heterocycles. The van der Waals surface area contributed by atoms with Crippen molar-refractivity contribution in [3.8, 4) is 0 Å². The van der Waals surface area contributed by atoms with Crippen molar-refractivity contribution in [2.24, 2.45) is 5.92 Å². The summed E-state index contributed by atoms with van der Waals surface area (Å²) in [4.78, 5) is 0.291. The molecule has 0 saturated heterocycles. The Morgan fingerprint density at radius 1 is 1.35 bits per heavy atom. The summed E-state index contributed by atoms with van der Waals surface area (Å²) in [6.45, 7) is 2.19. The maximum absolute atomic E-state index is 12.7. The summed E-state index contributed by atoms with van der Waals surface area (Å²) in [6, 6.07) is 4.86. The van der Waals surface area contributed by atoms with Crippen LogP contribution in [0.1, 0.15) is 32.6 Å². The Bertz CT molecular complexity index is 589. The zero-order chi connectivity index (χ0) is 14.9. The van der Waals surface area contributed by atoms with Gasteiger partial charge in [-0.25, -0.2) is 8.42 Å². The molecular weight excluding hydrogens is 340 g/mol. The molecular formula is C14H21BrN2O2S. The molecule has 112 valence electrons. The second-order valence-electron chi connectivity index (χ2n) is 5.63. The van der Waals surface area contributed by atoms with Crippen LogP contribution in [0.2, 0.25) is 0 Å². The lowest BCUT2D eigenvalue weighted by molar-refractivity contribution is 0.239. The van der Waals surface area contributed by atoms with E-state index in [1.807, 2.05) is 0 Å². The Morgan fingerprint density at radius 2 is 2.05 bits per heavy atom. The maximum Gasteiger partial charge on any atom is 0.243 e. The smallest absolute Gasteiger partial charge is 0.243 e. The Balaban J connectivity index is 2.26. The van der Waals surface area contributed by atoms with Crippen molar-refractivity contribution in [2.75, 3.05) is 12.8 Å². The van der Waals surface area contributed by atoms with Crippen LogP contribution in [0.3, 0.4) is 0 Å². The molecule has 0 spiro atoms. The topological polar surface area (TPSA) is 63.4 Å². The molecule has 0 heterocycles. The standard InChI is InChI=1S/C14H21BrN2O2S/c1-10-4-3-5-11(8-10)17(2)20(18,19)12-6-7-14(16)13(15)9-12/h6-7,9-11H,3-5,8,16H2,1-2H3. The monoisotopic (exact) mass is 360 g/mol. The van der Waals surface area contributed by atoms with Gasteiger partial charge in [0.05, 0.1) is 4.90 Å². The summed E-state index contributed by atoms with van der Waals surface area (Å²) in [6.07, 6.45) is 4.16. The maximum atomic E-state index is 12.7. The average Bonchev–Trinajstić information content (AvgIpc) is 2.40. The number of halogens is 1. The third kappa shape index (κ3) is 3.18. The molecule has 0 radical (unpaired) electrons. The second-order valence-corrected chi connectivity index (χ2v) is 8.48. The highest BCUT2D eigenvalue weighted by molar-refractivity contribution is 9.10. The van der Waals surface area contributed by atoms with Gasteiger partial charge in [-0.05, 0) is 52.9 Å². The van der Waals surface area contributed by atoms with E-state index in [9.17, 15) is 8.42 Å². The average molecular weight is 361 g/mol. The summed E-state index contributed by atoms with van der Waals surface area (Å²) in [5.41, 5.74) is 6.25. The van der Waals surface area contributed by atoms with E-state index in [1.54, 1.807) is 25.2 Å². The SMILES string of the molecule is CC1CCCC(N(C)S(=O)(=O)c2ccc(N)c(Br)c2)C1. The van der Waals surface area contributed by atoms with E-state index in [0.29, 0.717) is 21.0 Å². The first-order valence-electron chi connectivity index (χ1n) is 6.85. The predicted octanol–water partition coefficient (Wildman–Crippen LogP) is 3.23. The Hall–Kier alpha value is -0.590. The summed E-state index contributed by atoms with van der Waals surface area (Å²) in [5, 5.41) is 0. The Labute approximate surface area is 129 Å². The first-order valence-corrected chi connectivity index (χ1v) is 9.08. The molecule has 2 atom stereocenters. The van der Waals surface area contributed by atoms with Crippen molar-refractivity contribution in [3.05, 3.63) is 22.7 Å². The molecule has 1 fully saturated rings. The number of sulfonamides is 1. The van der Waals surface area contributed by atoms with Crippen LogP contribution in [-0.4, -0.2) is 25.8 Å². The van der Waals surface area contributed by atoms with E-state index in [2.05, 4.69) is 22.9 Å². The number of hydrogen-bond donors (Lipinski definition) is 1. The summed E-state index contributed by atoms with van der Waals surface area (Å²) in [7, 11) is -1.77. The molecule has 1 aliphatic rings. The molecule has 4 nitrogen and oxygen atoms in total. The summed E-state index contributed by atoms with van der Waals surface area (Å²) in [5.74, 6) is 0.588. The van der Waals surface area contributed by atoms with Gasteiger partial charge in [-0.15, -0.1) is 0 Å². The van der Waals surface area contributed by atoms with Crippen molar-refractivity contribution in [3.63, 3.8) is 0 Å². The first kappa shape index (κ1) is 15.8. The van der Waals surface area contributed by atoms with Crippen LogP contribution in [-0.2, 0) is 10.0 Å². The molecule has 0 aromatic heterocycles. The Morgan fingerprint density at radius 3 is 2.65 bits per heavy atom. The lowest BCUT2D eigenvalue weighted by Crippen LogP contribution is -2.39. The van der Waals surface area contributed by atoms with E-state index >= 15 is 0 Å². The first-order chi connectivity index (χ1) is 9.32. The normalized spacial score (nSPS) is 24.0.